The highest BCUT2D eigenvalue weighted by molar-refractivity contribution is 5.32. The zero-order chi connectivity index (χ0) is 24.9. The fraction of sp³-hybridized carbons (Fsp3) is 0.600. The highest BCUT2D eigenvalue weighted by atomic mass is 19.2. The molecule has 2 aliphatic carbocycles. The standard InChI is InChI=1S/C30H38F4O/c1-3-5-19-6-10-22(11-7-19)24-15-16-25(29(33)28(24)32)23-12-8-20(9-13-23)18-35-26-17-14-21(4-2)27(31)30(26)34/h14-17,19-20,22-23H,3-13,18H2,1-2H3. The summed E-state index contributed by atoms with van der Waals surface area (Å²) in [6.45, 7) is 4.27. The van der Waals surface area contributed by atoms with Gasteiger partial charge in [0.15, 0.2) is 23.2 Å². The van der Waals surface area contributed by atoms with E-state index in [2.05, 4.69) is 6.92 Å². The molecule has 0 aromatic heterocycles. The van der Waals surface area contributed by atoms with Crippen molar-refractivity contribution in [2.24, 2.45) is 11.8 Å². The first-order valence-electron chi connectivity index (χ1n) is 13.5. The Hall–Kier alpha value is -2.04. The Morgan fingerprint density at radius 3 is 1.71 bits per heavy atom. The minimum absolute atomic E-state index is 0.0203. The van der Waals surface area contributed by atoms with E-state index in [0.717, 1.165) is 57.3 Å². The fourth-order valence-electron chi connectivity index (χ4n) is 6.18. The third kappa shape index (κ3) is 5.86. The number of benzene rings is 2. The smallest absolute Gasteiger partial charge is 0.200 e. The topological polar surface area (TPSA) is 9.23 Å². The normalized spacial score (nSPS) is 25.0. The maximum atomic E-state index is 15.1. The van der Waals surface area contributed by atoms with Gasteiger partial charge < -0.3 is 4.74 Å². The van der Waals surface area contributed by atoms with Crippen molar-refractivity contribution in [2.45, 2.75) is 96.3 Å². The van der Waals surface area contributed by atoms with E-state index in [9.17, 15) is 8.78 Å². The highest BCUT2D eigenvalue weighted by Gasteiger charge is 2.30. The second-order valence-corrected chi connectivity index (χ2v) is 10.6. The van der Waals surface area contributed by atoms with Crippen LogP contribution >= 0.6 is 0 Å². The van der Waals surface area contributed by atoms with Gasteiger partial charge in [0.2, 0.25) is 5.82 Å². The number of rotatable bonds is 8. The second-order valence-electron chi connectivity index (χ2n) is 10.6. The summed E-state index contributed by atoms with van der Waals surface area (Å²) in [5.74, 6) is -2.15. The van der Waals surface area contributed by atoms with Gasteiger partial charge in [0.1, 0.15) is 0 Å². The van der Waals surface area contributed by atoms with Crippen LogP contribution in [0.25, 0.3) is 0 Å². The van der Waals surface area contributed by atoms with Crippen molar-refractivity contribution < 1.29 is 22.3 Å². The van der Waals surface area contributed by atoms with E-state index in [1.165, 1.54) is 18.9 Å². The van der Waals surface area contributed by atoms with Crippen molar-refractivity contribution in [3.05, 3.63) is 64.2 Å². The van der Waals surface area contributed by atoms with Crippen LogP contribution in [-0.2, 0) is 6.42 Å². The maximum absolute atomic E-state index is 15.1. The van der Waals surface area contributed by atoms with E-state index in [0.29, 0.717) is 29.7 Å². The Morgan fingerprint density at radius 2 is 1.20 bits per heavy atom. The molecule has 2 aliphatic rings. The first-order valence-corrected chi connectivity index (χ1v) is 13.5. The van der Waals surface area contributed by atoms with Gasteiger partial charge in [-0.25, -0.2) is 13.2 Å². The number of hydrogen-bond acceptors (Lipinski definition) is 1. The summed E-state index contributed by atoms with van der Waals surface area (Å²) in [5.41, 5.74) is 1.36. The van der Waals surface area contributed by atoms with Gasteiger partial charge in [0.05, 0.1) is 6.61 Å². The quantitative estimate of drug-likeness (QED) is 0.335. The van der Waals surface area contributed by atoms with E-state index in [-0.39, 0.29) is 23.5 Å². The minimum atomic E-state index is -0.936. The molecule has 2 aromatic rings. The van der Waals surface area contributed by atoms with Crippen LogP contribution in [-0.4, -0.2) is 6.61 Å². The van der Waals surface area contributed by atoms with Crippen molar-refractivity contribution in [1.82, 2.24) is 0 Å². The van der Waals surface area contributed by atoms with Gasteiger partial charge in [-0.05, 0) is 104 Å². The molecule has 0 spiro atoms. The molecule has 2 fully saturated rings. The zero-order valence-electron chi connectivity index (χ0n) is 21.0. The molecule has 2 saturated carbocycles. The molecule has 0 unspecified atom stereocenters. The van der Waals surface area contributed by atoms with Gasteiger partial charge in [-0.3, -0.25) is 0 Å². The molecule has 1 nitrogen and oxygen atoms in total. The molecule has 0 heterocycles. The summed E-state index contributed by atoms with van der Waals surface area (Å²) < 4.78 is 64.0. The fourth-order valence-corrected chi connectivity index (χ4v) is 6.18. The molecule has 0 amide bonds. The monoisotopic (exact) mass is 490 g/mol. The number of aryl methyl sites for hydroxylation is 1. The number of halogens is 4. The van der Waals surface area contributed by atoms with E-state index in [1.54, 1.807) is 19.1 Å². The average molecular weight is 491 g/mol. The Balaban J connectivity index is 1.32. The van der Waals surface area contributed by atoms with Gasteiger partial charge in [-0.15, -0.1) is 0 Å². The lowest BCUT2D eigenvalue weighted by Gasteiger charge is -2.31. The Kier molecular flexibility index (Phi) is 8.77. The van der Waals surface area contributed by atoms with E-state index < -0.39 is 23.3 Å². The van der Waals surface area contributed by atoms with E-state index in [1.807, 2.05) is 6.07 Å². The van der Waals surface area contributed by atoms with Gasteiger partial charge in [0, 0.05) is 0 Å². The molecule has 0 atom stereocenters. The molecule has 4 rings (SSSR count). The van der Waals surface area contributed by atoms with Crippen LogP contribution in [0.3, 0.4) is 0 Å². The first kappa shape index (κ1) is 26.0. The van der Waals surface area contributed by atoms with Crippen LogP contribution in [0, 0.1) is 35.1 Å². The van der Waals surface area contributed by atoms with Crippen LogP contribution in [0.5, 0.6) is 5.75 Å². The lowest BCUT2D eigenvalue weighted by molar-refractivity contribution is 0.191. The Morgan fingerprint density at radius 1 is 0.657 bits per heavy atom. The molecular weight excluding hydrogens is 452 g/mol. The molecule has 192 valence electrons. The average Bonchev–Trinajstić information content (AvgIpc) is 2.88. The SMILES string of the molecule is CCCC1CCC(c2ccc(C3CCC(COc4ccc(CC)c(F)c4F)CC3)c(F)c2F)CC1. The highest BCUT2D eigenvalue weighted by Crippen LogP contribution is 2.42. The third-order valence-corrected chi connectivity index (χ3v) is 8.39. The molecule has 0 bridgehead atoms. The van der Waals surface area contributed by atoms with Crippen LogP contribution in [0.4, 0.5) is 17.6 Å². The minimum Gasteiger partial charge on any atom is -0.490 e. The Labute approximate surface area is 207 Å². The first-order chi connectivity index (χ1) is 16.9. The second kappa shape index (κ2) is 11.8. The van der Waals surface area contributed by atoms with Crippen molar-refractivity contribution in [1.29, 1.82) is 0 Å². The molecule has 0 radical (unpaired) electrons. The van der Waals surface area contributed by atoms with E-state index >= 15 is 8.78 Å². The molecule has 35 heavy (non-hydrogen) atoms. The predicted molar refractivity (Wildman–Crippen MR) is 132 cm³/mol. The largest absolute Gasteiger partial charge is 0.490 e. The summed E-state index contributed by atoms with van der Waals surface area (Å²) in [6.07, 6.45) is 9.96. The Bertz CT molecular complexity index is 988. The molecule has 0 N–H and O–H groups in total. The zero-order valence-corrected chi connectivity index (χ0v) is 21.0. The lowest BCUT2D eigenvalue weighted by atomic mass is 9.75. The lowest BCUT2D eigenvalue weighted by Crippen LogP contribution is -2.21. The van der Waals surface area contributed by atoms with Crippen LogP contribution in [0.2, 0.25) is 0 Å². The van der Waals surface area contributed by atoms with Gasteiger partial charge >= 0.3 is 0 Å². The van der Waals surface area contributed by atoms with Gasteiger partial charge in [0.25, 0.3) is 0 Å². The summed E-state index contributed by atoms with van der Waals surface area (Å²) in [7, 11) is 0. The van der Waals surface area contributed by atoms with Crippen molar-refractivity contribution in [3.8, 4) is 5.75 Å². The molecule has 0 saturated heterocycles. The van der Waals surface area contributed by atoms with Gasteiger partial charge in [-0.2, -0.15) is 4.39 Å². The molecule has 0 aliphatic heterocycles. The van der Waals surface area contributed by atoms with Crippen molar-refractivity contribution in [2.75, 3.05) is 6.61 Å². The summed E-state index contributed by atoms with van der Waals surface area (Å²) >= 11 is 0. The predicted octanol–water partition coefficient (Wildman–Crippen LogP) is 9.23. The molecule has 5 heteroatoms. The van der Waals surface area contributed by atoms with Crippen LogP contribution < -0.4 is 4.74 Å². The maximum Gasteiger partial charge on any atom is 0.200 e. The van der Waals surface area contributed by atoms with Gasteiger partial charge in [-0.1, -0.05) is 44.9 Å². The summed E-state index contributed by atoms with van der Waals surface area (Å²) in [6, 6.07) is 6.67. The summed E-state index contributed by atoms with van der Waals surface area (Å²) in [4.78, 5) is 0. The van der Waals surface area contributed by atoms with Crippen molar-refractivity contribution in [3.63, 3.8) is 0 Å². The van der Waals surface area contributed by atoms with Crippen LogP contribution in [0.15, 0.2) is 24.3 Å². The molecular formula is C30H38F4O. The van der Waals surface area contributed by atoms with E-state index in [4.69, 9.17) is 4.74 Å². The third-order valence-electron chi connectivity index (χ3n) is 8.39. The number of ether oxygens (including phenoxy) is 1. The molecule has 2 aromatic carbocycles. The van der Waals surface area contributed by atoms with Crippen LogP contribution in [0.1, 0.15) is 107 Å². The summed E-state index contributed by atoms with van der Waals surface area (Å²) in [5, 5.41) is 0. The number of hydrogen-bond donors (Lipinski definition) is 0. The van der Waals surface area contributed by atoms with Crippen molar-refractivity contribution >= 4 is 0 Å².